The van der Waals surface area contributed by atoms with Gasteiger partial charge in [-0.1, -0.05) is 41.4 Å². The summed E-state index contributed by atoms with van der Waals surface area (Å²) in [5.41, 5.74) is 2.13. The summed E-state index contributed by atoms with van der Waals surface area (Å²) in [6.45, 7) is 4.40. The Morgan fingerprint density at radius 2 is 1.77 bits per heavy atom. The number of rotatable bonds is 6. The summed E-state index contributed by atoms with van der Waals surface area (Å²) in [5, 5.41) is 3.60. The van der Waals surface area contributed by atoms with Crippen LogP contribution in [0.3, 0.4) is 0 Å². The molecule has 0 radical (unpaired) electrons. The zero-order chi connectivity index (χ0) is 15.9. The maximum absolute atomic E-state index is 12.0. The molecule has 0 heterocycles. The van der Waals surface area contributed by atoms with Crippen LogP contribution in [0.4, 0.5) is 0 Å². The molecule has 0 bridgehead atoms. The fourth-order valence-corrected chi connectivity index (χ4v) is 2.14. The Morgan fingerprint density at radius 1 is 1.14 bits per heavy atom. The normalized spacial score (nSPS) is 11.8. The van der Waals surface area contributed by atoms with Gasteiger partial charge in [-0.2, -0.15) is 0 Å². The van der Waals surface area contributed by atoms with E-state index in [-0.39, 0.29) is 11.9 Å². The molecule has 22 heavy (non-hydrogen) atoms. The van der Waals surface area contributed by atoms with Crippen molar-refractivity contribution in [3.63, 3.8) is 0 Å². The Balaban J connectivity index is 1.76. The van der Waals surface area contributed by atoms with E-state index in [4.69, 9.17) is 16.3 Å². The second-order valence-electron chi connectivity index (χ2n) is 5.40. The van der Waals surface area contributed by atoms with Crippen LogP contribution in [-0.4, -0.2) is 18.6 Å². The van der Waals surface area contributed by atoms with Crippen LogP contribution in [0.15, 0.2) is 48.5 Å². The quantitative estimate of drug-likeness (QED) is 0.880. The lowest BCUT2D eigenvalue weighted by molar-refractivity contribution is -0.121. The Morgan fingerprint density at radius 3 is 2.41 bits per heavy atom. The molecular formula is C18H20ClNO2. The van der Waals surface area contributed by atoms with Gasteiger partial charge in [-0.05, 0) is 43.7 Å². The second kappa shape index (κ2) is 7.85. The van der Waals surface area contributed by atoms with E-state index in [9.17, 15) is 4.79 Å². The lowest BCUT2D eigenvalue weighted by Crippen LogP contribution is -2.37. The Labute approximate surface area is 136 Å². The van der Waals surface area contributed by atoms with Crippen LogP contribution in [0.1, 0.15) is 18.1 Å². The first kappa shape index (κ1) is 16.4. The zero-order valence-corrected chi connectivity index (χ0v) is 13.6. The molecule has 0 aromatic heterocycles. The van der Waals surface area contributed by atoms with Gasteiger partial charge in [0.1, 0.15) is 12.4 Å². The van der Waals surface area contributed by atoms with E-state index in [0.717, 1.165) is 11.3 Å². The molecular weight excluding hydrogens is 298 g/mol. The monoisotopic (exact) mass is 317 g/mol. The highest BCUT2D eigenvalue weighted by Crippen LogP contribution is 2.12. The highest BCUT2D eigenvalue weighted by molar-refractivity contribution is 6.30. The molecule has 0 fully saturated rings. The van der Waals surface area contributed by atoms with Crippen molar-refractivity contribution in [3.05, 3.63) is 64.7 Å². The lowest BCUT2D eigenvalue weighted by Gasteiger charge is -2.15. The van der Waals surface area contributed by atoms with E-state index in [1.165, 1.54) is 5.56 Å². The average Bonchev–Trinajstić information content (AvgIpc) is 2.49. The van der Waals surface area contributed by atoms with Crippen LogP contribution in [0.2, 0.25) is 5.02 Å². The number of nitrogens with one attached hydrogen (secondary N) is 1. The third kappa shape index (κ3) is 5.41. The summed E-state index contributed by atoms with van der Waals surface area (Å²) in [6, 6.07) is 15.1. The van der Waals surface area contributed by atoms with Gasteiger partial charge in [0.2, 0.25) is 5.91 Å². The van der Waals surface area contributed by atoms with Crippen molar-refractivity contribution in [1.82, 2.24) is 5.32 Å². The van der Waals surface area contributed by atoms with Gasteiger partial charge < -0.3 is 10.1 Å². The first-order valence-electron chi connectivity index (χ1n) is 7.26. The van der Waals surface area contributed by atoms with Crippen LogP contribution < -0.4 is 10.1 Å². The van der Waals surface area contributed by atoms with E-state index in [1.807, 2.05) is 50.2 Å². The van der Waals surface area contributed by atoms with Crippen LogP contribution in [-0.2, 0) is 11.2 Å². The maximum Gasteiger partial charge on any atom is 0.224 e. The van der Waals surface area contributed by atoms with Gasteiger partial charge in [-0.3, -0.25) is 4.79 Å². The van der Waals surface area contributed by atoms with Crippen LogP contribution in [0.25, 0.3) is 0 Å². The molecule has 0 spiro atoms. The number of hydrogen-bond donors (Lipinski definition) is 1. The SMILES string of the molecule is Cc1ccc(OC[C@@H](C)NC(=O)Cc2ccc(Cl)cc2)cc1. The first-order valence-corrected chi connectivity index (χ1v) is 7.64. The topological polar surface area (TPSA) is 38.3 Å². The predicted molar refractivity (Wildman–Crippen MR) is 89.4 cm³/mol. The zero-order valence-electron chi connectivity index (χ0n) is 12.8. The van der Waals surface area contributed by atoms with Gasteiger partial charge in [-0.25, -0.2) is 0 Å². The van der Waals surface area contributed by atoms with Crippen LogP contribution >= 0.6 is 11.6 Å². The molecule has 4 heteroatoms. The van der Waals surface area contributed by atoms with Gasteiger partial charge >= 0.3 is 0 Å². The molecule has 0 unspecified atom stereocenters. The third-order valence-electron chi connectivity index (χ3n) is 3.21. The van der Waals surface area contributed by atoms with Gasteiger partial charge in [0, 0.05) is 5.02 Å². The third-order valence-corrected chi connectivity index (χ3v) is 3.46. The van der Waals surface area contributed by atoms with E-state index >= 15 is 0 Å². The number of carbonyl (C=O) groups excluding carboxylic acids is 1. The molecule has 1 N–H and O–H groups in total. The number of halogens is 1. The Kier molecular flexibility index (Phi) is 5.84. The molecule has 1 atom stereocenters. The minimum atomic E-state index is -0.0545. The fraction of sp³-hybridized carbons (Fsp3) is 0.278. The van der Waals surface area contributed by atoms with Gasteiger partial charge in [0.15, 0.2) is 0 Å². The fourth-order valence-electron chi connectivity index (χ4n) is 2.01. The van der Waals surface area contributed by atoms with E-state index in [2.05, 4.69) is 5.32 Å². The summed E-state index contributed by atoms with van der Waals surface area (Å²) >= 11 is 5.82. The van der Waals surface area contributed by atoms with Crippen molar-refractivity contribution in [2.45, 2.75) is 26.3 Å². The molecule has 0 saturated carbocycles. The lowest BCUT2D eigenvalue weighted by atomic mass is 10.1. The molecule has 2 aromatic rings. The molecule has 2 rings (SSSR count). The van der Waals surface area contributed by atoms with Crippen molar-refractivity contribution in [1.29, 1.82) is 0 Å². The number of amides is 1. The van der Waals surface area contributed by atoms with E-state index in [1.54, 1.807) is 12.1 Å². The summed E-state index contributed by atoms with van der Waals surface area (Å²) in [6.07, 6.45) is 0.339. The average molecular weight is 318 g/mol. The van der Waals surface area contributed by atoms with Gasteiger partial charge in [0.25, 0.3) is 0 Å². The van der Waals surface area contributed by atoms with Crippen molar-refractivity contribution in [2.24, 2.45) is 0 Å². The molecule has 2 aromatic carbocycles. The highest BCUT2D eigenvalue weighted by Gasteiger charge is 2.09. The molecule has 0 saturated heterocycles. The standard InChI is InChI=1S/C18H20ClNO2/c1-13-3-9-17(10-4-13)22-12-14(2)20-18(21)11-15-5-7-16(19)8-6-15/h3-10,14H,11-12H2,1-2H3,(H,20,21)/t14-/m1/s1. The predicted octanol–water partition coefficient (Wildman–Crippen LogP) is 3.77. The van der Waals surface area contributed by atoms with Crippen LogP contribution in [0, 0.1) is 6.92 Å². The summed E-state index contributed by atoms with van der Waals surface area (Å²) < 4.78 is 5.66. The van der Waals surface area contributed by atoms with Crippen molar-refractivity contribution in [2.75, 3.05) is 6.61 Å². The first-order chi connectivity index (χ1) is 10.5. The number of carbonyl (C=O) groups is 1. The minimum Gasteiger partial charge on any atom is -0.491 e. The molecule has 0 aliphatic heterocycles. The summed E-state index contributed by atoms with van der Waals surface area (Å²) in [7, 11) is 0. The van der Waals surface area contributed by atoms with E-state index in [0.29, 0.717) is 18.1 Å². The minimum absolute atomic E-state index is 0.0256. The van der Waals surface area contributed by atoms with Crippen LogP contribution in [0.5, 0.6) is 5.75 Å². The van der Waals surface area contributed by atoms with Crippen molar-refractivity contribution < 1.29 is 9.53 Å². The number of hydrogen-bond acceptors (Lipinski definition) is 2. The Hall–Kier alpha value is -2.00. The largest absolute Gasteiger partial charge is 0.491 e. The van der Waals surface area contributed by atoms with Gasteiger partial charge in [0.05, 0.1) is 12.5 Å². The van der Waals surface area contributed by atoms with Gasteiger partial charge in [-0.15, -0.1) is 0 Å². The van der Waals surface area contributed by atoms with Crippen molar-refractivity contribution in [3.8, 4) is 5.75 Å². The number of aryl methyl sites for hydroxylation is 1. The molecule has 3 nitrogen and oxygen atoms in total. The second-order valence-corrected chi connectivity index (χ2v) is 5.83. The van der Waals surface area contributed by atoms with E-state index < -0.39 is 0 Å². The summed E-state index contributed by atoms with van der Waals surface area (Å²) in [4.78, 5) is 12.0. The van der Waals surface area contributed by atoms with Crippen molar-refractivity contribution >= 4 is 17.5 Å². The molecule has 1 amide bonds. The number of ether oxygens (including phenoxy) is 1. The molecule has 0 aliphatic rings. The molecule has 116 valence electrons. The Bertz CT molecular complexity index is 608. The molecule has 0 aliphatic carbocycles. The highest BCUT2D eigenvalue weighted by atomic mass is 35.5. The maximum atomic E-state index is 12.0. The smallest absolute Gasteiger partial charge is 0.224 e. The number of benzene rings is 2. The summed E-state index contributed by atoms with van der Waals surface area (Å²) in [5.74, 6) is 0.784.